The van der Waals surface area contributed by atoms with Gasteiger partial charge in [0.05, 0.1) is 7.11 Å². The lowest BCUT2D eigenvalue weighted by molar-refractivity contribution is -0.142. The van der Waals surface area contributed by atoms with Crippen molar-refractivity contribution in [3.63, 3.8) is 0 Å². The molecule has 0 fully saturated rings. The number of nitrogens with zero attached hydrogens (tertiary/aromatic N) is 1. The number of hydrogen-bond acceptors (Lipinski definition) is 4. The number of likely N-dealkylation sites (N-methyl/N-ethyl adjacent to an activating group) is 1. The van der Waals surface area contributed by atoms with E-state index >= 15 is 0 Å². The number of carbonyl (C=O) groups excluding carboxylic acids is 2. The Bertz CT molecular complexity index is 1070. The zero-order valence-corrected chi connectivity index (χ0v) is 20.1. The highest BCUT2D eigenvalue weighted by atomic mass is 35.5. The molecule has 3 aromatic rings. The lowest BCUT2D eigenvalue weighted by Gasteiger charge is -2.31. The molecular weight excluding hydrogens is 452 g/mol. The molecule has 0 heterocycles. The number of carbonyl (C=O) groups is 2. The highest BCUT2D eigenvalue weighted by molar-refractivity contribution is 6.30. The van der Waals surface area contributed by atoms with Crippen molar-refractivity contribution < 1.29 is 19.1 Å². The van der Waals surface area contributed by atoms with Gasteiger partial charge in [0.2, 0.25) is 5.91 Å². The third-order valence-electron chi connectivity index (χ3n) is 5.31. The molecule has 1 N–H and O–H groups in total. The predicted octanol–water partition coefficient (Wildman–Crippen LogP) is 4.50. The minimum absolute atomic E-state index is 0.217. The second-order valence-electron chi connectivity index (χ2n) is 7.69. The van der Waals surface area contributed by atoms with Crippen LogP contribution < -0.4 is 14.8 Å². The fourth-order valence-electron chi connectivity index (χ4n) is 3.59. The van der Waals surface area contributed by atoms with Crippen LogP contribution in [0.2, 0.25) is 5.02 Å². The predicted molar refractivity (Wildman–Crippen MR) is 133 cm³/mol. The van der Waals surface area contributed by atoms with Gasteiger partial charge in [0.1, 0.15) is 6.04 Å². The molecule has 0 aliphatic heterocycles. The van der Waals surface area contributed by atoms with Gasteiger partial charge in [-0.15, -0.1) is 0 Å². The van der Waals surface area contributed by atoms with Crippen LogP contribution >= 0.6 is 11.6 Å². The number of amides is 2. The van der Waals surface area contributed by atoms with Crippen LogP contribution in [0.25, 0.3) is 0 Å². The highest BCUT2D eigenvalue weighted by Crippen LogP contribution is 2.26. The zero-order chi connectivity index (χ0) is 24.3. The van der Waals surface area contributed by atoms with E-state index in [1.165, 1.54) is 0 Å². The standard InChI is InChI=1S/C27H29ClN2O4/c1-3-29-27(32)23(17-20-9-5-4-6-10-20)30(18-21-13-15-22(28)16-14-21)26(31)19-34-25-12-8-7-11-24(25)33-2/h4-16,23H,3,17-19H2,1-2H3,(H,29,32). The molecule has 0 spiro atoms. The lowest BCUT2D eigenvalue weighted by atomic mass is 10.0. The average molecular weight is 481 g/mol. The maximum absolute atomic E-state index is 13.5. The second-order valence-corrected chi connectivity index (χ2v) is 8.12. The quantitative estimate of drug-likeness (QED) is 0.438. The molecule has 0 aliphatic rings. The first-order chi connectivity index (χ1) is 16.5. The summed E-state index contributed by atoms with van der Waals surface area (Å²) in [6.45, 7) is 2.32. The van der Waals surface area contributed by atoms with Crippen LogP contribution in [0.15, 0.2) is 78.9 Å². The molecule has 0 saturated heterocycles. The Morgan fingerprint density at radius 2 is 1.56 bits per heavy atom. The number of nitrogens with one attached hydrogen (secondary N) is 1. The molecule has 0 saturated carbocycles. The molecule has 1 atom stereocenters. The van der Waals surface area contributed by atoms with Gasteiger partial charge in [0.15, 0.2) is 18.1 Å². The molecule has 2 amide bonds. The number of hydrogen-bond donors (Lipinski definition) is 1. The number of para-hydroxylation sites is 2. The Balaban J connectivity index is 1.89. The van der Waals surface area contributed by atoms with Crippen molar-refractivity contribution in [3.8, 4) is 11.5 Å². The first-order valence-corrected chi connectivity index (χ1v) is 11.5. The van der Waals surface area contributed by atoms with Crippen molar-refractivity contribution in [2.75, 3.05) is 20.3 Å². The molecule has 1 unspecified atom stereocenters. The molecule has 3 rings (SSSR count). The normalized spacial score (nSPS) is 11.4. The summed E-state index contributed by atoms with van der Waals surface area (Å²) >= 11 is 6.04. The Morgan fingerprint density at radius 1 is 0.912 bits per heavy atom. The molecule has 178 valence electrons. The fraction of sp³-hybridized carbons (Fsp3) is 0.259. The van der Waals surface area contributed by atoms with Crippen LogP contribution in [0.4, 0.5) is 0 Å². The van der Waals surface area contributed by atoms with E-state index in [0.29, 0.717) is 29.5 Å². The molecule has 3 aromatic carbocycles. The number of methoxy groups -OCH3 is 1. The van der Waals surface area contributed by atoms with Crippen molar-refractivity contribution in [1.29, 1.82) is 0 Å². The molecule has 0 bridgehead atoms. The van der Waals surface area contributed by atoms with Gasteiger partial charge in [-0.05, 0) is 42.3 Å². The summed E-state index contributed by atoms with van der Waals surface area (Å²) < 4.78 is 11.1. The summed E-state index contributed by atoms with van der Waals surface area (Å²) in [6, 6.07) is 23.3. The topological polar surface area (TPSA) is 67.9 Å². The summed E-state index contributed by atoms with van der Waals surface area (Å²) in [6.07, 6.45) is 0.376. The Labute approximate surface area is 205 Å². The van der Waals surface area contributed by atoms with E-state index < -0.39 is 6.04 Å². The van der Waals surface area contributed by atoms with Crippen LogP contribution in [0, 0.1) is 0 Å². The third-order valence-corrected chi connectivity index (χ3v) is 5.56. The third kappa shape index (κ3) is 6.99. The summed E-state index contributed by atoms with van der Waals surface area (Å²) in [5.74, 6) is 0.463. The van der Waals surface area contributed by atoms with Gasteiger partial charge in [0.25, 0.3) is 5.91 Å². The highest BCUT2D eigenvalue weighted by Gasteiger charge is 2.30. The molecule has 0 aliphatic carbocycles. The Kier molecular flexibility index (Phi) is 9.35. The zero-order valence-electron chi connectivity index (χ0n) is 19.4. The summed E-state index contributed by atoms with van der Waals surface area (Å²) in [7, 11) is 1.54. The van der Waals surface area contributed by atoms with E-state index in [1.807, 2.05) is 55.5 Å². The maximum Gasteiger partial charge on any atom is 0.261 e. The Hall–Kier alpha value is -3.51. The second kappa shape index (κ2) is 12.7. The number of ether oxygens (including phenoxy) is 2. The van der Waals surface area contributed by atoms with Crippen molar-refractivity contribution in [2.45, 2.75) is 25.9 Å². The van der Waals surface area contributed by atoms with Crippen LogP contribution in [-0.4, -0.2) is 43.0 Å². The first-order valence-electron chi connectivity index (χ1n) is 11.1. The number of benzene rings is 3. The van der Waals surface area contributed by atoms with Gasteiger partial charge in [-0.1, -0.05) is 66.2 Å². The molecule has 34 heavy (non-hydrogen) atoms. The van der Waals surface area contributed by atoms with E-state index in [-0.39, 0.29) is 25.0 Å². The van der Waals surface area contributed by atoms with Crippen molar-refractivity contribution in [1.82, 2.24) is 10.2 Å². The Morgan fingerprint density at radius 3 is 2.21 bits per heavy atom. The summed E-state index contributed by atoms with van der Waals surface area (Å²) in [5, 5.41) is 3.48. The largest absolute Gasteiger partial charge is 0.493 e. The molecule has 0 radical (unpaired) electrons. The van der Waals surface area contributed by atoms with Gasteiger partial charge in [-0.2, -0.15) is 0 Å². The average Bonchev–Trinajstić information content (AvgIpc) is 2.86. The number of halogens is 1. The van der Waals surface area contributed by atoms with Crippen molar-refractivity contribution in [2.24, 2.45) is 0 Å². The van der Waals surface area contributed by atoms with Crippen molar-refractivity contribution in [3.05, 3.63) is 95.0 Å². The van der Waals surface area contributed by atoms with E-state index in [1.54, 1.807) is 42.3 Å². The monoisotopic (exact) mass is 480 g/mol. The van der Waals surface area contributed by atoms with Gasteiger partial charge < -0.3 is 19.7 Å². The molecule has 6 nitrogen and oxygen atoms in total. The number of rotatable bonds is 11. The lowest BCUT2D eigenvalue weighted by Crippen LogP contribution is -2.51. The van der Waals surface area contributed by atoms with E-state index in [4.69, 9.17) is 21.1 Å². The first kappa shape index (κ1) is 25.1. The minimum Gasteiger partial charge on any atom is -0.493 e. The van der Waals surface area contributed by atoms with E-state index in [9.17, 15) is 9.59 Å². The van der Waals surface area contributed by atoms with Crippen LogP contribution in [-0.2, 0) is 22.6 Å². The van der Waals surface area contributed by atoms with Gasteiger partial charge in [-0.3, -0.25) is 9.59 Å². The summed E-state index contributed by atoms with van der Waals surface area (Å²) in [5.41, 5.74) is 1.82. The molecule has 0 aromatic heterocycles. The SMILES string of the molecule is CCNC(=O)C(Cc1ccccc1)N(Cc1ccc(Cl)cc1)C(=O)COc1ccccc1OC. The molecular formula is C27H29ClN2O4. The molecule has 7 heteroatoms. The van der Waals surface area contributed by atoms with Crippen molar-refractivity contribution >= 4 is 23.4 Å². The van der Waals surface area contributed by atoms with E-state index in [2.05, 4.69) is 5.32 Å². The van der Waals surface area contributed by atoms with Gasteiger partial charge in [-0.25, -0.2) is 0 Å². The maximum atomic E-state index is 13.5. The smallest absolute Gasteiger partial charge is 0.261 e. The van der Waals surface area contributed by atoms with Gasteiger partial charge >= 0.3 is 0 Å². The fourth-order valence-corrected chi connectivity index (χ4v) is 3.72. The van der Waals surface area contributed by atoms with Crippen LogP contribution in [0.1, 0.15) is 18.1 Å². The van der Waals surface area contributed by atoms with Crippen LogP contribution in [0.3, 0.4) is 0 Å². The summed E-state index contributed by atoms with van der Waals surface area (Å²) in [4.78, 5) is 28.2. The van der Waals surface area contributed by atoms with Crippen LogP contribution in [0.5, 0.6) is 11.5 Å². The van der Waals surface area contributed by atoms with E-state index in [0.717, 1.165) is 11.1 Å². The van der Waals surface area contributed by atoms with Gasteiger partial charge in [0, 0.05) is 24.5 Å². The minimum atomic E-state index is -0.716.